The average molecular weight is 289 g/mol. The number of hydrogen-bond acceptors (Lipinski definition) is 3. The molecular weight excluding hydrogens is 273 g/mol. The van der Waals surface area contributed by atoms with E-state index in [1.54, 1.807) is 0 Å². The van der Waals surface area contributed by atoms with Crippen LogP contribution in [0.2, 0.25) is 0 Å². The average Bonchev–Trinajstić information content (AvgIpc) is 3.04. The summed E-state index contributed by atoms with van der Waals surface area (Å²) in [6.45, 7) is 2.11. The topological polar surface area (TPSA) is 21.6 Å². The lowest BCUT2D eigenvalue weighted by atomic mass is 9.91. The molecule has 2 atom stereocenters. The van der Waals surface area contributed by atoms with E-state index in [2.05, 4.69) is 4.99 Å². The lowest BCUT2D eigenvalue weighted by Crippen LogP contribution is -2.45. The fourth-order valence-corrected chi connectivity index (χ4v) is 3.48. The maximum atomic E-state index is 14.5. The van der Waals surface area contributed by atoms with Gasteiger partial charge in [-0.2, -0.15) is 0 Å². The van der Waals surface area contributed by atoms with Crippen LogP contribution in [0.15, 0.2) is 52.8 Å². The van der Waals surface area contributed by atoms with Gasteiger partial charge in [-0.15, -0.1) is 11.3 Å². The van der Waals surface area contributed by atoms with Gasteiger partial charge in [-0.25, -0.2) is 9.38 Å². The van der Waals surface area contributed by atoms with Crippen molar-refractivity contribution in [2.75, 3.05) is 6.54 Å². The summed E-state index contributed by atoms with van der Waals surface area (Å²) in [5.41, 5.74) is -0.00468. The number of halogens is 1. The predicted molar refractivity (Wildman–Crippen MR) is 80.1 cm³/mol. The monoisotopic (exact) mass is 289 g/mol. The number of nitrogens with zero attached hydrogens (tertiary/aromatic N) is 1. The highest BCUT2D eigenvalue weighted by molar-refractivity contribution is 7.10. The Morgan fingerprint density at radius 1 is 1.30 bits per heavy atom. The second-order valence-corrected chi connectivity index (χ2v) is 5.75. The van der Waals surface area contributed by atoms with Crippen molar-refractivity contribution in [1.82, 2.24) is 0 Å². The summed E-state index contributed by atoms with van der Waals surface area (Å²) in [5.74, 6) is 0.537. The Morgan fingerprint density at radius 3 is 2.75 bits per heavy atom. The first kappa shape index (κ1) is 13.3. The van der Waals surface area contributed by atoms with Crippen LogP contribution in [0.5, 0.6) is 0 Å². The van der Waals surface area contributed by atoms with Crippen LogP contribution >= 0.6 is 11.3 Å². The zero-order chi connectivity index (χ0) is 14.0. The summed E-state index contributed by atoms with van der Waals surface area (Å²) in [6, 6.07) is 13.6. The van der Waals surface area contributed by atoms with Gasteiger partial charge in [0, 0.05) is 5.56 Å². The summed E-state index contributed by atoms with van der Waals surface area (Å²) >= 11 is 1.53. The third-order valence-electron chi connectivity index (χ3n) is 3.66. The Balaban J connectivity index is 1.99. The molecule has 1 aromatic heterocycles. The number of hydrogen-bond donors (Lipinski definition) is 0. The van der Waals surface area contributed by atoms with E-state index >= 15 is 0 Å². The highest BCUT2D eigenvalue weighted by atomic mass is 32.1. The van der Waals surface area contributed by atoms with Gasteiger partial charge < -0.3 is 4.74 Å². The van der Waals surface area contributed by atoms with E-state index in [-0.39, 0.29) is 6.54 Å². The fourth-order valence-electron chi connectivity index (χ4n) is 2.50. The summed E-state index contributed by atoms with van der Waals surface area (Å²) < 4.78 is 20.6. The third-order valence-corrected chi connectivity index (χ3v) is 4.69. The lowest BCUT2D eigenvalue weighted by Gasteiger charge is -2.38. The molecule has 0 fully saturated rings. The molecule has 4 heteroatoms. The van der Waals surface area contributed by atoms with E-state index in [1.807, 2.05) is 54.8 Å². The number of aliphatic imine (C=N–C) groups is 1. The summed E-state index contributed by atoms with van der Waals surface area (Å²) in [4.78, 5) is 5.18. The first-order chi connectivity index (χ1) is 9.76. The second kappa shape index (κ2) is 5.37. The molecule has 1 aliphatic rings. The van der Waals surface area contributed by atoms with Crippen molar-refractivity contribution >= 4 is 17.2 Å². The SMILES string of the molecule is CC[C@@]1(c2cccs2)OC(c2ccccc2)=NC[C@H]1F. The molecule has 2 nitrogen and oxygen atoms in total. The van der Waals surface area contributed by atoms with Crippen LogP contribution in [-0.4, -0.2) is 18.6 Å². The van der Waals surface area contributed by atoms with Crippen LogP contribution in [0.25, 0.3) is 0 Å². The van der Waals surface area contributed by atoms with Crippen molar-refractivity contribution in [3.8, 4) is 0 Å². The van der Waals surface area contributed by atoms with E-state index in [1.165, 1.54) is 11.3 Å². The van der Waals surface area contributed by atoms with Gasteiger partial charge in [0.15, 0.2) is 11.8 Å². The molecule has 0 spiro atoms. The molecule has 2 heterocycles. The molecule has 20 heavy (non-hydrogen) atoms. The van der Waals surface area contributed by atoms with E-state index in [9.17, 15) is 4.39 Å². The second-order valence-electron chi connectivity index (χ2n) is 4.80. The van der Waals surface area contributed by atoms with Gasteiger partial charge in [0.25, 0.3) is 0 Å². The van der Waals surface area contributed by atoms with Gasteiger partial charge in [0.05, 0.1) is 11.4 Å². The Bertz CT molecular complexity index is 596. The molecule has 1 aromatic carbocycles. The van der Waals surface area contributed by atoms with Gasteiger partial charge in [-0.3, -0.25) is 0 Å². The normalized spacial score (nSPS) is 25.9. The smallest absolute Gasteiger partial charge is 0.217 e. The minimum absolute atomic E-state index is 0.149. The van der Waals surface area contributed by atoms with E-state index in [0.29, 0.717) is 12.3 Å². The molecular formula is C16H16FNOS. The third kappa shape index (κ3) is 2.14. The predicted octanol–water partition coefficient (Wildman–Crippen LogP) is 4.17. The number of ether oxygens (including phenoxy) is 1. The van der Waals surface area contributed by atoms with Gasteiger partial charge in [0.1, 0.15) is 0 Å². The maximum absolute atomic E-state index is 14.5. The Labute approximate surface area is 121 Å². The Hall–Kier alpha value is -1.68. The maximum Gasteiger partial charge on any atom is 0.217 e. The van der Waals surface area contributed by atoms with Crippen LogP contribution in [0, 0.1) is 0 Å². The van der Waals surface area contributed by atoms with E-state index in [0.717, 1.165) is 10.4 Å². The van der Waals surface area contributed by atoms with Crippen molar-refractivity contribution in [2.45, 2.75) is 25.1 Å². The van der Waals surface area contributed by atoms with Crippen molar-refractivity contribution in [1.29, 1.82) is 0 Å². The zero-order valence-electron chi connectivity index (χ0n) is 11.3. The van der Waals surface area contributed by atoms with E-state index in [4.69, 9.17) is 4.74 Å². The van der Waals surface area contributed by atoms with E-state index < -0.39 is 11.8 Å². The Morgan fingerprint density at radius 2 is 2.10 bits per heavy atom. The van der Waals surface area contributed by atoms with Crippen molar-refractivity contribution in [3.05, 3.63) is 58.3 Å². The first-order valence-corrected chi connectivity index (χ1v) is 7.61. The molecule has 0 aliphatic carbocycles. The van der Waals surface area contributed by atoms with Gasteiger partial charge in [-0.05, 0) is 30.0 Å². The van der Waals surface area contributed by atoms with Gasteiger partial charge in [0.2, 0.25) is 5.90 Å². The number of alkyl halides is 1. The van der Waals surface area contributed by atoms with Crippen molar-refractivity contribution < 1.29 is 9.13 Å². The molecule has 104 valence electrons. The minimum Gasteiger partial charge on any atom is -0.462 e. The van der Waals surface area contributed by atoms with Crippen LogP contribution in [0.3, 0.4) is 0 Å². The van der Waals surface area contributed by atoms with Crippen LogP contribution in [0.4, 0.5) is 4.39 Å². The molecule has 0 amide bonds. The molecule has 1 aliphatic heterocycles. The highest BCUT2D eigenvalue weighted by Gasteiger charge is 2.46. The number of thiophene rings is 1. The van der Waals surface area contributed by atoms with Crippen LogP contribution in [-0.2, 0) is 10.3 Å². The zero-order valence-corrected chi connectivity index (χ0v) is 12.1. The molecule has 0 N–H and O–H groups in total. The molecule has 0 bridgehead atoms. The van der Waals surface area contributed by atoms with Gasteiger partial charge in [-0.1, -0.05) is 31.2 Å². The van der Waals surface area contributed by atoms with Crippen molar-refractivity contribution in [3.63, 3.8) is 0 Å². The molecule has 2 aromatic rings. The van der Waals surface area contributed by atoms with Crippen LogP contribution in [0.1, 0.15) is 23.8 Å². The first-order valence-electron chi connectivity index (χ1n) is 6.73. The minimum atomic E-state index is -1.11. The standard InChI is InChI=1S/C16H16FNOS/c1-2-16(14-9-6-10-20-14)13(17)11-18-15(19-16)12-7-4-3-5-8-12/h3-10,13H,2,11H2,1H3/t13-,16-/m1/s1. The highest BCUT2D eigenvalue weighted by Crippen LogP contribution is 2.40. The fraction of sp³-hybridized carbons (Fsp3) is 0.312. The van der Waals surface area contributed by atoms with Crippen molar-refractivity contribution in [2.24, 2.45) is 4.99 Å². The summed E-state index contributed by atoms with van der Waals surface area (Å²) in [5, 5.41) is 1.96. The molecule has 3 rings (SSSR count). The summed E-state index contributed by atoms with van der Waals surface area (Å²) in [7, 11) is 0. The quantitative estimate of drug-likeness (QED) is 0.831. The number of rotatable bonds is 3. The van der Waals surface area contributed by atoms with Gasteiger partial charge >= 0.3 is 0 Å². The molecule has 0 radical (unpaired) electrons. The lowest BCUT2D eigenvalue weighted by molar-refractivity contribution is -0.0345. The molecule has 0 saturated carbocycles. The largest absolute Gasteiger partial charge is 0.462 e. The molecule has 0 saturated heterocycles. The summed E-state index contributed by atoms with van der Waals surface area (Å²) in [6.07, 6.45) is -0.529. The molecule has 0 unspecified atom stereocenters. The Kier molecular flexibility index (Phi) is 3.57. The number of benzene rings is 1. The van der Waals surface area contributed by atoms with Crippen LogP contribution < -0.4 is 0 Å².